The van der Waals surface area contributed by atoms with Gasteiger partial charge < -0.3 is 10.1 Å². The van der Waals surface area contributed by atoms with Gasteiger partial charge in [0.1, 0.15) is 5.82 Å². The minimum atomic E-state index is 0.700. The van der Waals surface area contributed by atoms with E-state index in [2.05, 4.69) is 15.3 Å². The summed E-state index contributed by atoms with van der Waals surface area (Å²) in [7, 11) is 0. The molecule has 1 aromatic rings. The smallest absolute Gasteiger partial charge is 0.144 e. The highest BCUT2D eigenvalue weighted by molar-refractivity contribution is 5.33. The lowest BCUT2D eigenvalue weighted by Crippen LogP contribution is -2.11. The van der Waals surface area contributed by atoms with Crippen LogP contribution >= 0.6 is 0 Å². The number of aromatic nitrogens is 2. The van der Waals surface area contributed by atoms with Crippen molar-refractivity contribution in [2.75, 3.05) is 25.1 Å². The van der Waals surface area contributed by atoms with Crippen LogP contribution in [0.1, 0.15) is 18.3 Å². The Labute approximate surface area is 84.7 Å². The number of aryl methyl sites for hydroxylation is 2. The second-order valence-corrected chi connectivity index (χ2v) is 3.05. The van der Waals surface area contributed by atoms with Crippen LogP contribution in [-0.4, -0.2) is 29.7 Å². The highest BCUT2D eigenvalue weighted by atomic mass is 16.5. The monoisotopic (exact) mass is 195 g/mol. The highest BCUT2D eigenvalue weighted by Gasteiger charge is 1.97. The van der Waals surface area contributed by atoms with Crippen molar-refractivity contribution in [2.24, 2.45) is 0 Å². The third-order valence-electron chi connectivity index (χ3n) is 1.95. The molecule has 0 spiro atoms. The third-order valence-corrected chi connectivity index (χ3v) is 1.95. The number of ether oxygens (including phenoxy) is 1. The summed E-state index contributed by atoms with van der Waals surface area (Å²) < 4.78 is 5.20. The van der Waals surface area contributed by atoms with Crippen LogP contribution in [0.3, 0.4) is 0 Å². The van der Waals surface area contributed by atoms with Gasteiger partial charge in [0.05, 0.1) is 24.2 Å². The fourth-order valence-corrected chi connectivity index (χ4v) is 1.02. The predicted molar refractivity (Wildman–Crippen MR) is 56.5 cm³/mol. The van der Waals surface area contributed by atoms with Gasteiger partial charge in [-0.15, -0.1) is 0 Å². The normalized spacial score (nSPS) is 10.2. The molecule has 1 N–H and O–H groups in total. The minimum absolute atomic E-state index is 0.700. The van der Waals surface area contributed by atoms with Gasteiger partial charge >= 0.3 is 0 Å². The molecule has 14 heavy (non-hydrogen) atoms. The van der Waals surface area contributed by atoms with Crippen LogP contribution in [0.2, 0.25) is 0 Å². The zero-order valence-electron chi connectivity index (χ0n) is 9.00. The fraction of sp³-hybridized carbons (Fsp3) is 0.600. The van der Waals surface area contributed by atoms with Crippen LogP contribution in [0.15, 0.2) is 6.20 Å². The molecule has 0 radical (unpaired) electrons. The molecular weight excluding hydrogens is 178 g/mol. The van der Waals surface area contributed by atoms with Gasteiger partial charge in [-0.3, -0.25) is 4.98 Å². The van der Waals surface area contributed by atoms with Gasteiger partial charge in [0.25, 0.3) is 0 Å². The van der Waals surface area contributed by atoms with E-state index in [1.165, 1.54) is 0 Å². The van der Waals surface area contributed by atoms with E-state index < -0.39 is 0 Å². The van der Waals surface area contributed by atoms with E-state index in [0.717, 1.165) is 30.4 Å². The Bertz CT molecular complexity index is 289. The molecular formula is C10H17N3O. The number of nitrogens with zero attached hydrogens (tertiary/aromatic N) is 2. The summed E-state index contributed by atoms with van der Waals surface area (Å²) in [6.07, 6.45) is 1.74. The second kappa shape index (κ2) is 5.54. The van der Waals surface area contributed by atoms with Crippen molar-refractivity contribution in [3.05, 3.63) is 17.6 Å². The highest BCUT2D eigenvalue weighted by Crippen LogP contribution is 2.04. The number of hydrogen-bond acceptors (Lipinski definition) is 4. The third kappa shape index (κ3) is 3.30. The van der Waals surface area contributed by atoms with Gasteiger partial charge in [-0.1, -0.05) is 0 Å². The maximum atomic E-state index is 5.20. The standard InChI is InChI=1S/C10H17N3O/c1-4-14-6-5-11-10-7-12-8(2)9(3)13-10/h7H,4-6H2,1-3H3,(H,11,13). The molecule has 0 atom stereocenters. The molecule has 1 aromatic heterocycles. The molecule has 1 heterocycles. The van der Waals surface area contributed by atoms with Gasteiger partial charge in [0.2, 0.25) is 0 Å². The number of nitrogens with one attached hydrogen (secondary N) is 1. The first kappa shape index (κ1) is 10.9. The van der Waals surface area contributed by atoms with Crippen LogP contribution < -0.4 is 5.32 Å². The molecule has 0 unspecified atom stereocenters. The summed E-state index contributed by atoms with van der Waals surface area (Å²) in [6, 6.07) is 0. The molecule has 0 amide bonds. The molecule has 0 fully saturated rings. The van der Waals surface area contributed by atoms with E-state index in [9.17, 15) is 0 Å². The van der Waals surface area contributed by atoms with E-state index in [0.29, 0.717) is 6.61 Å². The molecule has 4 nitrogen and oxygen atoms in total. The van der Waals surface area contributed by atoms with E-state index in [-0.39, 0.29) is 0 Å². The lowest BCUT2D eigenvalue weighted by Gasteiger charge is -2.06. The van der Waals surface area contributed by atoms with Crippen LogP contribution in [-0.2, 0) is 4.74 Å². The van der Waals surface area contributed by atoms with Gasteiger partial charge in [0, 0.05) is 13.2 Å². The van der Waals surface area contributed by atoms with Crippen molar-refractivity contribution in [3.63, 3.8) is 0 Å². The van der Waals surface area contributed by atoms with E-state index in [4.69, 9.17) is 4.74 Å². The van der Waals surface area contributed by atoms with E-state index >= 15 is 0 Å². The first-order valence-electron chi connectivity index (χ1n) is 4.86. The lowest BCUT2D eigenvalue weighted by molar-refractivity contribution is 0.158. The van der Waals surface area contributed by atoms with Crippen LogP contribution in [0, 0.1) is 13.8 Å². The number of anilines is 1. The molecule has 0 saturated carbocycles. The molecule has 78 valence electrons. The van der Waals surface area contributed by atoms with Gasteiger partial charge in [-0.25, -0.2) is 4.98 Å². The zero-order chi connectivity index (χ0) is 10.4. The van der Waals surface area contributed by atoms with Crippen molar-refractivity contribution in [1.82, 2.24) is 9.97 Å². The summed E-state index contributed by atoms with van der Waals surface area (Å²) >= 11 is 0. The fourth-order valence-electron chi connectivity index (χ4n) is 1.02. The Balaban J connectivity index is 2.39. The molecule has 0 bridgehead atoms. The van der Waals surface area contributed by atoms with Crippen molar-refractivity contribution >= 4 is 5.82 Å². The Morgan fingerprint density at radius 1 is 1.36 bits per heavy atom. The van der Waals surface area contributed by atoms with Crippen molar-refractivity contribution < 1.29 is 4.74 Å². The topological polar surface area (TPSA) is 47.0 Å². The average molecular weight is 195 g/mol. The average Bonchev–Trinajstić information content (AvgIpc) is 2.18. The first-order valence-corrected chi connectivity index (χ1v) is 4.86. The molecule has 0 aliphatic rings. The van der Waals surface area contributed by atoms with E-state index in [1.54, 1.807) is 6.20 Å². The molecule has 1 rings (SSSR count). The summed E-state index contributed by atoms with van der Waals surface area (Å²) in [5.41, 5.74) is 1.94. The van der Waals surface area contributed by atoms with Crippen molar-refractivity contribution in [3.8, 4) is 0 Å². The van der Waals surface area contributed by atoms with Crippen LogP contribution in [0.25, 0.3) is 0 Å². The first-order chi connectivity index (χ1) is 6.74. The van der Waals surface area contributed by atoms with Gasteiger partial charge in [-0.05, 0) is 20.8 Å². The summed E-state index contributed by atoms with van der Waals surface area (Å²) in [5.74, 6) is 0.813. The molecule has 0 aliphatic carbocycles. The van der Waals surface area contributed by atoms with Crippen molar-refractivity contribution in [1.29, 1.82) is 0 Å². The second-order valence-electron chi connectivity index (χ2n) is 3.05. The predicted octanol–water partition coefficient (Wildman–Crippen LogP) is 1.54. The summed E-state index contributed by atoms with van der Waals surface area (Å²) in [5, 5.41) is 3.15. The number of hydrogen-bond donors (Lipinski definition) is 1. The molecule has 0 saturated heterocycles. The molecule has 4 heteroatoms. The summed E-state index contributed by atoms with van der Waals surface area (Å²) in [4.78, 5) is 8.55. The Morgan fingerprint density at radius 2 is 2.14 bits per heavy atom. The Kier molecular flexibility index (Phi) is 4.32. The summed E-state index contributed by atoms with van der Waals surface area (Å²) in [6.45, 7) is 8.11. The Morgan fingerprint density at radius 3 is 2.79 bits per heavy atom. The molecule has 0 aromatic carbocycles. The van der Waals surface area contributed by atoms with Crippen LogP contribution in [0.5, 0.6) is 0 Å². The Hall–Kier alpha value is -1.16. The van der Waals surface area contributed by atoms with Gasteiger partial charge in [0.15, 0.2) is 0 Å². The zero-order valence-corrected chi connectivity index (χ0v) is 9.00. The maximum absolute atomic E-state index is 5.20. The van der Waals surface area contributed by atoms with Crippen LogP contribution in [0.4, 0.5) is 5.82 Å². The SMILES string of the molecule is CCOCCNc1cnc(C)c(C)n1. The quantitative estimate of drug-likeness (QED) is 0.724. The lowest BCUT2D eigenvalue weighted by atomic mass is 10.3. The minimum Gasteiger partial charge on any atom is -0.380 e. The maximum Gasteiger partial charge on any atom is 0.144 e. The van der Waals surface area contributed by atoms with E-state index in [1.807, 2.05) is 20.8 Å². The number of rotatable bonds is 5. The largest absolute Gasteiger partial charge is 0.380 e. The van der Waals surface area contributed by atoms with Gasteiger partial charge in [-0.2, -0.15) is 0 Å². The molecule has 0 aliphatic heterocycles. The van der Waals surface area contributed by atoms with Crippen molar-refractivity contribution in [2.45, 2.75) is 20.8 Å².